The zero-order valence-electron chi connectivity index (χ0n) is 15.6. The minimum atomic E-state index is -0.394. The molecule has 0 amide bonds. The van der Waals surface area contributed by atoms with E-state index in [9.17, 15) is 13.9 Å². The van der Waals surface area contributed by atoms with Crippen molar-refractivity contribution in [3.05, 3.63) is 53.6 Å². The highest BCUT2D eigenvalue weighted by molar-refractivity contribution is 6.02. The Morgan fingerprint density at radius 3 is 2.61 bits per heavy atom. The first-order valence-corrected chi connectivity index (χ1v) is 9.36. The van der Waals surface area contributed by atoms with Gasteiger partial charge in [0.05, 0.1) is 22.5 Å². The van der Waals surface area contributed by atoms with Crippen LogP contribution in [0.5, 0.6) is 5.88 Å². The Labute approximate surface area is 161 Å². The number of aromatic hydroxyl groups is 1. The average molecular weight is 384 g/mol. The molecular weight excluding hydrogens is 362 g/mol. The average Bonchev–Trinajstić information content (AvgIpc) is 3.00. The zero-order valence-corrected chi connectivity index (χ0v) is 15.6. The SMILES string of the molecule is CCN1CCN(c2ccc(N=Cc3c(O)[nH]c4cc(F)ccc34)cc2F)CC1. The molecule has 7 heteroatoms. The second-order valence-corrected chi connectivity index (χ2v) is 6.89. The molecule has 0 saturated carbocycles. The molecule has 0 atom stereocenters. The van der Waals surface area contributed by atoms with E-state index in [4.69, 9.17) is 0 Å². The number of H-pyrrole nitrogens is 1. The third-order valence-corrected chi connectivity index (χ3v) is 5.21. The van der Waals surface area contributed by atoms with Crippen LogP contribution >= 0.6 is 0 Å². The molecule has 28 heavy (non-hydrogen) atoms. The summed E-state index contributed by atoms with van der Waals surface area (Å²) in [7, 11) is 0. The molecule has 1 saturated heterocycles. The normalized spacial score (nSPS) is 15.8. The first kappa shape index (κ1) is 18.4. The van der Waals surface area contributed by atoms with Crippen LogP contribution in [0, 0.1) is 11.6 Å². The van der Waals surface area contributed by atoms with Gasteiger partial charge >= 0.3 is 0 Å². The summed E-state index contributed by atoms with van der Waals surface area (Å²) in [5, 5.41) is 10.7. The van der Waals surface area contributed by atoms with Crippen molar-refractivity contribution in [2.75, 3.05) is 37.6 Å². The molecule has 2 aromatic carbocycles. The molecule has 2 N–H and O–H groups in total. The fourth-order valence-corrected chi connectivity index (χ4v) is 3.58. The van der Waals surface area contributed by atoms with Gasteiger partial charge in [-0.2, -0.15) is 0 Å². The number of aromatic nitrogens is 1. The third-order valence-electron chi connectivity index (χ3n) is 5.21. The van der Waals surface area contributed by atoms with Crippen LogP contribution in [0.3, 0.4) is 0 Å². The molecule has 0 radical (unpaired) electrons. The molecule has 4 rings (SSSR count). The summed E-state index contributed by atoms with van der Waals surface area (Å²) in [5.74, 6) is -0.810. The van der Waals surface area contributed by atoms with Crippen molar-refractivity contribution in [3.63, 3.8) is 0 Å². The van der Waals surface area contributed by atoms with Gasteiger partial charge in [-0.15, -0.1) is 0 Å². The lowest BCUT2D eigenvalue weighted by molar-refractivity contribution is 0.270. The highest BCUT2D eigenvalue weighted by Crippen LogP contribution is 2.28. The number of fused-ring (bicyclic) bond motifs is 1. The number of anilines is 1. The minimum absolute atomic E-state index is 0.102. The molecule has 1 fully saturated rings. The summed E-state index contributed by atoms with van der Waals surface area (Å²) in [6.07, 6.45) is 1.46. The molecule has 1 aliphatic heterocycles. The van der Waals surface area contributed by atoms with Gasteiger partial charge in [-0.05, 0) is 36.9 Å². The second kappa shape index (κ2) is 7.59. The van der Waals surface area contributed by atoms with E-state index in [1.165, 1.54) is 24.4 Å². The minimum Gasteiger partial charge on any atom is -0.494 e. The van der Waals surface area contributed by atoms with E-state index in [0.717, 1.165) is 32.7 Å². The van der Waals surface area contributed by atoms with Crippen LogP contribution in [0.2, 0.25) is 0 Å². The topological polar surface area (TPSA) is 54.9 Å². The van der Waals surface area contributed by atoms with Gasteiger partial charge in [0.2, 0.25) is 0 Å². The summed E-state index contributed by atoms with van der Waals surface area (Å²) in [4.78, 5) is 11.4. The standard InChI is InChI=1S/C21H22F2N4O/c1-2-26-7-9-27(10-8-26)20-6-4-15(12-18(20)23)24-13-17-16-5-3-14(22)11-19(16)25-21(17)28/h3-6,11-13,25,28H,2,7-10H2,1H3. The van der Waals surface area contributed by atoms with Crippen molar-refractivity contribution in [2.45, 2.75) is 6.92 Å². The lowest BCUT2D eigenvalue weighted by Gasteiger charge is -2.35. The fourth-order valence-electron chi connectivity index (χ4n) is 3.58. The number of aliphatic imine (C=N–C) groups is 1. The van der Waals surface area contributed by atoms with Crippen LogP contribution in [-0.2, 0) is 0 Å². The number of halogens is 2. The van der Waals surface area contributed by atoms with Gasteiger partial charge in [0.1, 0.15) is 11.6 Å². The number of likely N-dealkylation sites (N-methyl/N-ethyl adjacent to an activating group) is 1. The summed E-state index contributed by atoms with van der Waals surface area (Å²) < 4.78 is 28.0. The number of hydrogen-bond donors (Lipinski definition) is 2. The molecule has 1 aliphatic rings. The van der Waals surface area contributed by atoms with Gasteiger partial charge in [-0.25, -0.2) is 8.78 Å². The lowest BCUT2D eigenvalue weighted by Crippen LogP contribution is -2.46. The van der Waals surface area contributed by atoms with Crippen LogP contribution in [0.1, 0.15) is 12.5 Å². The highest BCUT2D eigenvalue weighted by atomic mass is 19.1. The first-order valence-electron chi connectivity index (χ1n) is 9.36. The van der Waals surface area contributed by atoms with Crippen molar-refractivity contribution >= 4 is 28.5 Å². The van der Waals surface area contributed by atoms with E-state index in [2.05, 4.69) is 26.7 Å². The summed E-state index contributed by atoms with van der Waals surface area (Å²) >= 11 is 0. The molecule has 0 unspecified atom stereocenters. The van der Waals surface area contributed by atoms with E-state index in [1.54, 1.807) is 18.2 Å². The van der Waals surface area contributed by atoms with E-state index < -0.39 is 5.82 Å². The smallest absolute Gasteiger partial charge is 0.198 e. The predicted molar refractivity (Wildman–Crippen MR) is 108 cm³/mol. The van der Waals surface area contributed by atoms with E-state index in [-0.39, 0.29) is 11.7 Å². The fraction of sp³-hybridized carbons (Fsp3) is 0.286. The molecule has 0 aliphatic carbocycles. The molecule has 2 heterocycles. The van der Waals surface area contributed by atoms with E-state index in [0.29, 0.717) is 27.8 Å². The largest absolute Gasteiger partial charge is 0.494 e. The van der Waals surface area contributed by atoms with Crippen molar-refractivity contribution in [1.29, 1.82) is 0 Å². The van der Waals surface area contributed by atoms with Gasteiger partial charge in [-0.3, -0.25) is 4.99 Å². The quantitative estimate of drug-likeness (QED) is 0.668. The Kier molecular flexibility index (Phi) is 5.00. The Bertz CT molecular complexity index is 1020. The van der Waals surface area contributed by atoms with Crippen LogP contribution in [0.4, 0.5) is 20.2 Å². The van der Waals surface area contributed by atoms with Crippen molar-refractivity contribution in [2.24, 2.45) is 4.99 Å². The van der Waals surface area contributed by atoms with Gasteiger partial charge in [0.25, 0.3) is 0 Å². The Morgan fingerprint density at radius 2 is 1.89 bits per heavy atom. The summed E-state index contributed by atoms with van der Waals surface area (Å²) in [6, 6.07) is 9.09. The molecule has 0 spiro atoms. The number of hydrogen-bond acceptors (Lipinski definition) is 4. The van der Waals surface area contributed by atoms with Gasteiger partial charge in [-0.1, -0.05) is 6.92 Å². The highest BCUT2D eigenvalue weighted by Gasteiger charge is 2.18. The van der Waals surface area contributed by atoms with Crippen molar-refractivity contribution < 1.29 is 13.9 Å². The Hall–Kier alpha value is -2.93. The molecular formula is C21H22F2N4O. The zero-order chi connectivity index (χ0) is 19.7. The lowest BCUT2D eigenvalue weighted by atomic mass is 10.2. The predicted octanol–water partition coefficient (Wildman–Crippen LogP) is 4.04. The number of aromatic amines is 1. The van der Waals surface area contributed by atoms with E-state index >= 15 is 0 Å². The number of piperazine rings is 1. The molecule has 3 aromatic rings. The molecule has 0 bridgehead atoms. The van der Waals surface area contributed by atoms with Crippen molar-refractivity contribution in [1.82, 2.24) is 9.88 Å². The molecule has 1 aromatic heterocycles. The maximum absolute atomic E-state index is 14.6. The molecule has 146 valence electrons. The maximum Gasteiger partial charge on any atom is 0.198 e. The summed E-state index contributed by atoms with van der Waals surface area (Å²) in [5.41, 5.74) is 1.95. The van der Waals surface area contributed by atoms with Crippen LogP contribution in [-0.4, -0.2) is 53.9 Å². The maximum atomic E-state index is 14.6. The third kappa shape index (κ3) is 3.57. The van der Waals surface area contributed by atoms with Gasteiger partial charge in [0.15, 0.2) is 5.88 Å². The van der Waals surface area contributed by atoms with Crippen molar-refractivity contribution in [3.8, 4) is 5.88 Å². The monoisotopic (exact) mass is 384 g/mol. The number of nitrogens with zero attached hydrogens (tertiary/aromatic N) is 3. The first-order chi connectivity index (χ1) is 13.5. The number of benzene rings is 2. The number of nitrogens with one attached hydrogen (secondary N) is 1. The van der Waals surface area contributed by atoms with E-state index in [1.807, 2.05) is 0 Å². The van der Waals surface area contributed by atoms with Crippen LogP contribution in [0.15, 0.2) is 41.4 Å². The Morgan fingerprint density at radius 1 is 1.11 bits per heavy atom. The van der Waals surface area contributed by atoms with Gasteiger partial charge < -0.3 is 19.9 Å². The van der Waals surface area contributed by atoms with Gasteiger partial charge in [0, 0.05) is 43.8 Å². The molecule has 5 nitrogen and oxygen atoms in total. The second-order valence-electron chi connectivity index (χ2n) is 6.89. The van der Waals surface area contributed by atoms with Crippen LogP contribution < -0.4 is 4.90 Å². The summed E-state index contributed by atoms with van der Waals surface area (Å²) in [6.45, 7) is 6.59. The Balaban J connectivity index is 1.55. The van der Waals surface area contributed by atoms with Crippen LogP contribution in [0.25, 0.3) is 10.9 Å². The number of rotatable bonds is 4.